The van der Waals surface area contributed by atoms with Gasteiger partial charge in [-0.05, 0) is 91.2 Å². The summed E-state index contributed by atoms with van der Waals surface area (Å²) in [6, 6.07) is 20.4. The Labute approximate surface area is 252 Å². The molecule has 0 fully saturated rings. The molecule has 0 unspecified atom stereocenters. The Bertz CT molecular complexity index is 1860. The van der Waals surface area contributed by atoms with Crippen molar-refractivity contribution in [3.8, 4) is 11.5 Å². The summed E-state index contributed by atoms with van der Waals surface area (Å²) in [4.78, 5) is 24.4. The molecular formula is C29H27FN2O8S3. The molecule has 43 heavy (non-hydrogen) atoms. The maximum absolute atomic E-state index is 13.4. The van der Waals surface area contributed by atoms with Crippen molar-refractivity contribution < 1.29 is 40.3 Å². The summed E-state index contributed by atoms with van der Waals surface area (Å²) in [5, 5.41) is 10.1. The fraction of sp³-hybridized carbons (Fsp3) is 0.103. The molecule has 0 aliphatic carbocycles. The Morgan fingerprint density at radius 3 is 1.37 bits per heavy atom. The average molecular weight is 647 g/mol. The molecule has 0 aliphatic heterocycles. The van der Waals surface area contributed by atoms with Gasteiger partial charge in [0.15, 0.2) is 11.6 Å². The van der Waals surface area contributed by atoms with E-state index in [9.17, 15) is 30.8 Å². The number of hydrogen-bond acceptors (Lipinski definition) is 9. The first-order valence-electron chi connectivity index (χ1n) is 12.1. The van der Waals surface area contributed by atoms with Gasteiger partial charge in [0.25, 0.3) is 0 Å². The molecule has 0 aromatic heterocycles. The molecule has 0 heterocycles. The van der Waals surface area contributed by atoms with Crippen molar-refractivity contribution in [3.05, 3.63) is 113 Å². The van der Waals surface area contributed by atoms with Crippen molar-refractivity contribution in [2.75, 3.05) is 20.5 Å². The van der Waals surface area contributed by atoms with Gasteiger partial charge in [-0.1, -0.05) is 0 Å². The van der Waals surface area contributed by atoms with Gasteiger partial charge in [0, 0.05) is 27.1 Å². The molecule has 10 nitrogen and oxygen atoms in total. The Morgan fingerprint density at radius 1 is 0.628 bits per heavy atom. The van der Waals surface area contributed by atoms with Crippen LogP contribution < -0.4 is 19.8 Å². The van der Waals surface area contributed by atoms with E-state index in [0.717, 1.165) is 12.1 Å². The molecule has 0 saturated carbocycles. The third-order valence-corrected chi connectivity index (χ3v) is 8.74. The molecule has 0 radical (unpaired) electrons. The molecule has 0 bridgehead atoms. The Morgan fingerprint density at radius 2 is 1.00 bits per heavy atom. The molecule has 4 aromatic carbocycles. The number of halogens is 1. The van der Waals surface area contributed by atoms with Crippen LogP contribution in [0.5, 0.6) is 11.5 Å². The van der Waals surface area contributed by atoms with Crippen LogP contribution in [0.15, 0.2) is 99.6 Å². The lowest BCUT2D eigenvalue weighted by molar-refractivity contribution is 0.103. The smallest absolute Gasteiger partial charge is 0.240 e. The molecule has 0 spiro atoms. The summed E-state index contributed by atoms with van der Waals surface area (Å²) in [5.41, 5.74) is 1.07. The Balaban J connectivity index is 0.000000236. The van der Waals surface area contributed by atoms with Gasteiger partial charge in [-0.3, -0.25) is 9.59 Å². The number of ether oxygens (including phenoxy) is 2. The van der Waals surface area contributed by atoms with E-state index >= 15 is 0 Å². The third kappa shape index (κ3) is 8.49. The average Bonchev–Trinajstić information content (AvgIpc) is 2.99. The fourth-order valence-corrected chi connectivity index (χ4v) is 6.05. The summed E-state index contributed by atoms with van der Waals surface area (Å²) < 4.78 is 69.3. The van der Waals surface area contributed by atoms with Crippen LogP contribution in [0.25, 0.3) is 0 Å². The van der Waals surface area contributed by atoms with Gasteiger partial charge in [0.2, 0.25) is 20.0 Å². The molecule has 226 valence electrons. The third-order valence-electron chi connectivity index (χ3n) is 5.94. The minimum atomic E-state index is -4.23. The molecule has 4 aromatic rings. The molecular weight excluding hydrogens is 620 g/mol. The van der Waals surface area contributed by atoms with E-state index < -0.39 is 36.5 Å². The highest BCUT2D eigenvalue weighted by Gasteiger charge is 2.19. The largest absolute Gasteiger partial charge is 0.497 e. The van der Waals surface area contributed by atoms with Crippen LogP contribution in [-0.2, 0) is 20.0 Å². The van der Waals surface area contributed by atoms with Gasteiger partial charge in [-0.15, -0.1) is 11.8 Å². The quantitative estimate of drug-likeness (QED) is 0.201. The summed E-state index contributed by atoms with van der Waals surface area (Å²) >= 11 is 1.26. The lowest BCUT2D eigenvalue weighted by Crippen LogP contribution is -2.15. The highest BCUT2D eigenvalue weighted by molar-refractivity contribution is 7.99. The normalized spacial score (nSPS) is 11.2. The van der Waals surface area contributed by atoms with Gasteiger partial charge < -0.3 is 9.47 Å². The van der Waals surface area contributed by atoms with Crippen LogP contribution in [0.1, 0.15) is 31.8 Å². The topological polar surface area (TPSA) is 173 Å². The minimum Gasteiger partial charge on any atom is -0.497 e. The highest BCUT2D eigenvalue weighted by atomic mass is 32.2. The van der Waals surface area contributed by atoms with Crippen LogP contribution in [0.2, 0.25) is 0 Å². The zero-order chi connectivity index (χ0) is 31.9. The van der Waals surface area contributed by atoms with E-state index in [1.165, 1.54) is 50.2 Å². The van der Waals surface area contributed by atoms with E-state index in [1.807, 2.05) is 0 Å². The van der Waals surface area contributed by atoms with Crippen molar-refractivity contribution in [1.82, 2.24) is 0 Å². The molecule has 0 amide bonds. The number of ketones is 2. The molecule has 0 aliphatic rings. The molecule has 4 N–H and O–H groups in total. The number of carbonyl (C=O) groups excluding carboxylic acids is 2. The zero-order valence-electron chi connectivity index (χ0n) is 23.1. The van der Waals surface area contributed by atoms with Gasteiger partial charge in [-0.2, -0.15) is 0 Å². The van der Waals surface area contributed by atoms with E-state index in [0.29, 0.717) is 27.5 Å². The van der Waals surface area contributed by atoms with Crippen LogP contribution >= 0.6 is 11.8 Å². The van der Waals surface area contributed by atoms with Crippen molar-refractivity contribution in [1.29, 1.82) is 0 Å². The number of carbonyl (C=O) groups is 2. The number of methoxy groups -OCH3 is 2. The number of sulfonamides is 2. The second kappa shape index (κ2) is 13.9. The first kappa shape index (κ1) is 33.4. The minimum absolute atomic E-state index is 0.0330. The molecule has 4 rings (SSSR count). The van der Waals surface area contributed by atoms with Gasteiger partial charge >= 0.3 is 0 Å². The second-order valence-corrected chi connectivity index (χ2v) is 12.6. The van der Waals surface area contributed by atoms with Crippen molar-refractivity contribution in [2.45, 2.75) is 14.7 Å². The van der Waals surface area contributed by atoms with Gasteiger partial charge in [0.05, 0.1) is 19.1 Å². The van der Waals surface area contributed by atoms with Gasteiger partial charge in [-0.25, -0.2) is 31.5 Å². The standard InChI is InChI=1S/C15H15NO4S2.C14H12FNO4S/c1-20-12-6-3-10(4-7-12)15(17)11-5-8-13(21-2)14(9-11)22(16,18)19;1-20-11-5-2-9(3-6-11)14(17)10-4-7-12(15)13(8-10)21(16,18)19/h3-9H,1-2H3,(H2,16,18,19);2-8H,1H3,(H2,16,18,19). The van der Waals surface area contributed by atoms with E-state index in [2.05, 4.69) is 0 Å². The maximum Gasteiger partial charge on any atom is 0.240 e. The summed E-state index contributed by atoms with van der Waals surface area (Å²) in [6.45, 7) is 0. The predicted molar refractivity (Wildman–Crippen MR) is 160 cm³/mol. The van der Waals surface area contributed by atoms with Crippen molar-refractivity contribution in [3.63, 3.8) is 0 Å². The van der Waals surface area contributed by atoms with E-state index in [4.69, 9.17) is 19.8 Å². The summed E-state index contributed by atoms with van der Waals surface area (Å²) in [6.07, 6.45) is 1.75. The molecule has 14 heteroatoms. The Hall–Kier alpha value is -4.08. The number of nitrogens with two attached hydrogens (primary N) is 2. The molecule has 0 atom stereocenters. The predicted octanol–water partition coefficient (Wildman–Crippen LogP) is 4.01. The van der Waals surface area contributed by atoms with Crippen LogP contribution in [0, 0.1) is 5.82 Å². The number of thioether (sulfide) groups is 1. The summed E-state index contributed by atoms with van der Waals surface area (Å²) in [7, 11) is -5.08. The van der Waals surface area contributed by atoms with Crippen molar-refractivity contribution in [2.24, 2.45) is 10.3 Å². The van der Waals surface area contributed by atoms with Crippen molar-refractivity contribution >= 4 is 43.4 Å². The number of benzene rings is 4. The number of primary sulfonamides is 2. The lowest BCUT2D eigenvalue weighted by Gasteiger charge is -2.08. The van der Waals surface area contributed by atoms with Crippen LogP contribution in [0.3, 0.4) is 0 Å². The number of rotatable bonds is 9. The van der Waals surface area contributed by atoms with E-state index in [1.54, 1.807) is 54.8 Å². The highest BCUT2D eigenvalue weighted by Crippen LogP contribution is 2.26. The lowest BCUT2D eigenvalue weighted by atomic mass is 10.0. The van der Waals surface area contributed by atoms with Gasteiger partial charge in [0.1, 0.15) is 22.2 Å². The SMILES string of the molecule is COc1ccc(C(=O)c2ccc(F)c(S(N)(=O)=O)c2)cc1.COc1ccc(C(=O)c2ccc(SC)c(S(N)(=O)=O)c2)cc1. The molecule has 0 saturated heterocycles. The van der Waals surface area contributed by atoms with Crippen LogP contribution in [-0.4, -0.2) is 48.9 Å². The first-order valence-corrected chi connectivity index (χ1v) is 16.4. The zero-order valence-corrected chi connectivity index (χ0v) is 25.6. The maximum atomic E-state index is 13.4. The second-order valence-electron chi connectivity index (χ2n) is 8.72. The summed E-state index contributed by atoms with van der Waals surface area (Å²) in [5.74, 6) is -0.498. The Kier molecular flexibility index (Phi) is 10.8. The van der Waals surface area contributed by atoms with Crippen LogP contribution in [0.4, 0.5) is 4.39 Å². The fourth-order valence-electron chi connectivity index (χ4n) is 3.72. The number of hydrogen-bond donors (Lipinski definition) is 2. The monoisotopic (exact) mass is 646 g/mol. The first-order chi connectivity index (χ1) is 20.2. The van der Waals surface area contributed by atoms with E-state index in [-0.39, 0.29) is 21.8 Å².